The molecule has 0 amide bonds. The average molecular weight is 185 g/mol. The van der Waals surface area contributed by atoms with Crippen molar-refractivity contribution in [3.8, 4) is 0 Å². The zero-order valence-corrected chi connectivity index (χ0v) is 8.49. The summed E-state index contributed by atoms with van der Waals surface area (Å²) < 4.78 is 5.39. The van der Waals surface area contributed by atoms with Gasteiger partial charge in [-0.2, -0.15) is 0 Å². The van der Waals surface area contributed by atoms with Crippen LogP contribution in [0.1, 0.15) is 20.3 Å². The van der Waals surface area contributed by atoms with Crippen molar-refractivity contribution in [2.24, 2.45) is 10.9 Å². The van der Waals surface area contributed by atoms with Gasteiger partial charge in [-0.1, -0.05) is 13.8 Å². The molecule has 2 aliphatic rings. The first-order valence-electron chi connectivity index (χ1n) is 4.52. The second-order valence-corrected chi connectivity index (χ2v) is 4.92. The monoisotopic (exact) mass is 185 g/mol. The van der Waals surface area contributed by atoms with Crippen molar-refractivity contribution in [2.45, 2.75) is 25.8 Å². The van der Waals surface area contributed by atoms with Gasteiger partial charge in [-0.15, -0.1) is 11.8 Å². The molecule has 1 unspecified atom stereocenters. The van der Waals surface area contributed by atoms with Gasteiger partial charge in [-0.25, -0.2) is 0 Å². The summed E-state index contributed by atoms with van der Waals surface area (Å²) in [6.45, 7) is 6.16. The zero-order chi connectivity index (χ0) is 8.60. The fourth-order valence-corrected chi connectivity index (χ4v) is 2.90. The van der Waals surface area contributed by atoms with E-state index < -0.39 is 0 Å². The summed E-state index contributed by atoms with van der Waals surface area (Å²) in [5.41, 5.74) is 0.171. The van der Waals surface area contributed by atoms with E-state index in [4.69, 9.17) is 9.73 Å². The van der Waals surface area contributed by atoms with E-state index in [0.717, 1.165) is 25.4 Å². The summed E-state index contributed by atoms with van der Waals surface area (Å²) in [6, 6.07) is 0. The van der Waals surface area contributed by atoms with Gasteiger partial charge in [0.15, 0.2) is 0 Å². The van der Waals surface area contributed by atoms with Crippen LogP contribution in [0, 0.1) is 5.92 Å². The molecule has 1 fully saturated rings. The van der Waals surface area contributed by atoms with Crippen LogP contribution in [0.4, 0.5) is 0 Å². The summed E-state index contributed by atoms with van der Waals surface area (Å²) in [6.07, 6.45) is 1.12. The lowest BCUT2D eigenvalue weighted by Gasteiger charge is -2.14. The predicted molar refractivity (Wildman–Crippen MR) is 52.9 cm³/mol. The third-order valence-electron chi connectivity index (χ3n) is 2.41. The first kappa shape index (κ1) is 8.57. The van der Waals surface area contributed by atoms with Crippen LogP contribution in [-0.2, 0) is 4.74 Å². The van der Waals surface area contributed by atoms with E-state index >= 15 is 0 Å². The fourth-order valence-electron chi connectivity index (χ4n) is 1.60. The molecule has 0 N–H and O–H groups in total. The minimum atomic E-state index is 0.171. The SMILES string of the molecule is CC(C)C1=NC2(CCOC2)CS1. The molecule has 0 aromatic heterocycles. The van der Waals surface area contributed by atoms with Crippen molar-refractivity contribution in [3.05, 3.63) is 0 Å². The van der Waals surface area contributed by atoms with E-state index in [1.165, 1.54) is 5.04 Å². The van der Waals surface area contributed by atoms with E-state index in [-0.39, 0.29) is 5.54 Å². The van der Waals surface area contributed by atoms with Gasteiger partial charge in [0, 0.05) is 18.3 Å². The number of rotatable bonds is 1. The zero-order valence-electron chi connectivity index (χ0n) is 7.67. The normalized spacial score (nSPS) is 35.1. The van der Waals surface area contributed by atoms with Gasteiger partial charge in [-0.3, -0.25) is 4.99 Å². The third kappa shape index (κ3) is 1.40. The summed E-state index contributed by atoms with van der Waals surface area (Å²) in [5.74, 6) is 1.73. The number of hydrogen-bond donors (Lipinski definition) is 0. The number of ether oxygens (including phenoxy) is 1. The first-order chi connectivity index (χ1) is 5.72. The van der Waals surface area contributed by atoms with Gasteiger partial charge in [0.05, 0.1) is 17.2 Å². The predicted octanol–water partition coefficient (Wildman–Crippen LogP) is 1.95. The highest BCUT2D eigenvalue weighted by Crippen LogP contribution is 2.36. The van der Waals surface area contributed by atoms with Crippen molar-refractivity contribution in [1.29, 1.82) is 0 Å². The topological polar surface area (TPSA) is 21.6 Å². The maximum absolute atomic E-state index is 5.39. The van der Waals surface area contributed by atoms with Crippen LogP contribution in [0.15, 0.2) is 4.99 Å². The molecule has 2 nitrogen and oxygen atoms in total. The van der Waals surface area contributed by atoms with Crippen LogP contribution in [0.2, 0.25) is 0 Å². The number of aliphatic imine (C=N–C) groups is 1. The molecule has 68 valence electrons. The molecule has 0 aliphatic carbocycles. The van der Waals surface area contributed by atoms with Crippen molar-refractivity contribution in [2.75, 3.05) is 19.0 Å². The van der Waals surface area contributed by atoms with E-state index in [2.05, 4.69) is 13.8 Å². The molecular weight excluding hydrogens is 170 g/mol. The lowest BCUT2D eigenvalue weighted by atomic mass is 10.0. The maximum atomic E-state index is 5.39. The molecule has 12 heavy (non-hydrogen) atoms. The van der Waals surface area contributed by atoms with Gasteiger partial charge in [0.1, 0.15) is 0 Å². The smallest absolute Gasteiger partial charge is 0.0965 e. The fraction of sp³-hybridized carbons (Fsp3) is 0.889. The Morgan fingerprint density at radius 3 is 2.92 bits per heavy atom. The average Bonchev–Trinajstić information content (AvgIpc) is 2.62. The lowest BCUT2D eigenvalue weighted by Crippen LogP contribution is -2.26. The van der Waals surface area contributed by atoms with Crippen molar-refractivity contribution >= 4 is 16.8 Å². The van der Waals surface area contributed by atoms with Crippen LogP contribution in [0.5, 0.6) is 0 Å². The quantitative estimate of drug-likeness (QED) is 0.622. The summed E-state index contributed by atoms with van der Waals surface area (Å²) >= 11 is 1.92. The summed E-state index contributed by atoms with van der Waals surface area (Å²) in [5, 5.41) is 1.32. The van der Waals surface area contributed by atoms with Gasteiger partial charge in [0.2, 0.25) is 0 Å². The molecule has 0 aromatic carbocycles. The highest BCUT2D eigenvalue weighted by molar-refractivity contribution is 8.14. The maximum Gasteiger partial charge on any atom is 0.0965 e. The minimum absolute atomic E-state index is 0.171. The lowest BCUT2D eigenvalue weighted by molar-refractivity contribution is 0.183. The Morgan fingerprint density at radius 1 is 1.58 bits per heavy atom. The van der Waals surface area contributed by atoms with Crippen LogP contribution >= 0.6 is 11.8 Å². The Hall–Kier alpha value is -0.0200. The van der Waals surface area contributed by atoms with Gasteiger partial charge < -0.3 is 4.74 Å². The Kier molecular flexibility index (Phi) is 2.17. The Bertz CT molecular complexity index is 207. The molecule has 0 bridgehead atoms. The molecule has 3 heteroatoms. The van der Waals surface area contributed by atoms with Crippen LogP contribution in [-0.4, -0.2) is 29.5 Å². The molecular formula is C9H15NOS. The minimum Gasteiger partial charge on any atom is -0.379 e. The second kappa shape index (κ2) is 3.04. The first-order valence-corrected chi connectivity index (χ1v) is 5.51. The largest absolute Gasteiger partial charge is 0.379 e. The molecule has 0 saturated carbocycles. The van der Waals surface area contributed by atoms with Crippen LogP contribution in [0.25, 0.3) is 0 Å². The molecule has 2 aliphatic heterocycles. The molecule has 2 heterocycles. The number of hydrogen-bond acceptors (Lipinski definition) is 3. The number of thioether (sulfide) groups is 1. The van der Waals surface area contributed by atoms with Crippen molar-refractivity contribution in [3.63, 3.8) is 0 Å². The van der Waals surface area contributed by atoms with E-state index in [0.29, 0.717) is 5.92 Å². The van der Waals surface area contributed by atoms with Crippen LogP contribution in [0.3, 0.4) is 0 Å². The van der Waals surface area contributed by atoms with Crippen molar-refractivity contribution < 1.29 is 4.74 Å². The second-order valence-electron chi connectivity index (χ2n) is 3.92. The Morgan fingerprint density at radius 2 is 2.42 bits per heavy atom. The van der Waals surface area contributed by atoms with Gasteiger partial charge in [0.25, 0.3) is 0 Å². The third-order valence-corrected chi connectivity index (χ3v) is 3.95. The Balaban J connectivity index is 2.12. The molecule has 0 radical (unpaired) electrons. The van der Waals surface area contributed by atoms with E-state index in [9.17, 15) is 0 Å². The molecule has 0 aromatic rings. The molecule has 1 spiro atoms. The highest BCUT2D eigenvalue weighted by atomic mass is 32.2. The standard InChI is InChI=1S/C9H15NOS/c1-7(2)8-10-9(6-12-8)3-4-11-5-9/h7H,3-6H2,1-2H3. The van der Waals surface area contributed by atoms with Gasteiger partial charge in [-0.05, 0) is 6.42 Å². The number of nitrogens with zero attached hydrogens (tertiary/aromatic N) is 1. The van der Waals surface area contributed by atoms with Crippen molar-refractivity contribution in [1.82, 2.24) is 0 Å². The molecule has 1 saturated heterocycles. The van der Waals surface area contributed by atoms with Crippen LogP contribution < -0.4 is 0 Å². The summed E-state index contributed by atoms with van der Waals surface area (Å²) in [7, 11) is 0. The van der Waals surface area contributed by atoms with E-state index in [1.54, 1.807) is 0 Å². The molecule has 1 atom stereocenters. The highest BCUT2D eigenvalue weighted by Gasteiger charge is 2.39. The molecule has 2 rings (SSSR count). The summed E-state index contributed by atoms with van der Waals surface area (Å²) in [4.78, 5) is 4.77. The van der Waals surface area contributed by atoms with E-state index in [1.807, 2.05) is 11.8 Å². The van der Waals surface area contributed by atoms with Gasteiger partial charge >= 0.3 is 0 Å². The Labute approximate surface area is 77.8 Å².